The smallest absolute Gasteiger partial charge is 0.349 e. The number of benzene rings is 1. The molecule has 28 heavy (non-hydrogen) atoms. The molecule has 2 heterocycles. The first kappa shape index (κ1) is 19.9. The minimum atomic E-state index is -1.07. The molecule has 0 aliphatic carbocycles. The topological polar surface area (TPSA) is 115 Å². The van der Waals surface area contributed by atoms with Crippen molar-refractivity contribution in [1.29, 1.82) is 0 Å². The van der Waals surface area contributed by atoms with Gasteiger partial charge in [0.2, 0.25) is 5.91 Å². The van der Waals surface area contributed by atoms with Gasteiger partial charge in [-0.05, 0) is 18.2 Å². The van der Waals surface area contributed by atoms with E-state index in [4.69, 9.17) is 9.15 Å². The average molecular weight is 453 g/mol. The monoisotopic (exact) mass is 452 g/mol. The van der Waals surface area contributed by atoms with Crippen molar-refractivity contribution in [1.82, 2.24) is 10.2 Å². The van der Waals surface area contributed by atoms with E-state index >= 15 is 0 Å². The number of halogens is 1. The normalized spacial score (nSPS) is 16.6. The van der Waals surface area contributed by atoms with Gasteiger partial charge in [-0.3, -0.25) is 14.4 Å². The van der Waals surface area contributed by atoms with Crippen molar-refractivity contribution < 1.29 is 28.3 Å². The summed E-state index contributed by atoms with van der Waals surface area (Å²) in [6.45, 7) is 0.353. The Morgan fingerprint density at radius 1 is 1.29 bits per heavy atom. The summed E-state index contributed by atoms with van der Waals surface area (Å²) in [6, 6.07) is 3.62. The Hall–Kier alpha value is -2.88. The molecule has 1 aliphatic heterocycles. The fraction of sp³-hybridized carbons (Fsp3) is 0.333. The zero-order chi connectivity index (χ0) is 20.4. The van der Waals surface area contributed by atoms with Crippen molar-refractivity contribution in [3.05, 3.63) is 38.7 Å². The standard InChI is InChI=1S/C18H17BrN2O7/c1-26-13-7-10(19)5-9-6-11(18(25)28-15(9)13)17(24)21-4-3-20-16(23)12(21)8-14(22)27-2/h5-7,12H,3-4,8H2,1-2H3,(H,20,23)/t12-/m0/s1. The van der Waals surface area contributed by atoms with Crippen LogP contribution in [0.4, 0.5) is 0 Å². The molecule has 0 spiro atoms. The second-order valence-electron chi connectivity index (χ2n) is 6.06. The molecule has 1 aromatic heterocycles. The van der Waals surface area contributed by atoms with Crippen LogP contribution < -0.4 is 15.7 Å². The number of amides is 2. The number of hydrogen-bond donors (Lipinski definition) is 1. The Bertz CT molecular complexity index is 1020. The van der Waals surface area contributed by atoms with Gasteiger partial charge in [0.25, 0.3) is 5.91 Å². The molecule has 2 aromatic rings. The number of piperazine rings is 1. The Balaban J connectivity index is 2.04. The number of methoxy groups -OCH3 is 2. The van der Waals surface area contributed by atoms with Gasteiger partial charge in [0.05, 0.1) is 20.6 Å². The fourth-order valence-electron chi connectivity index (χ4n) is 3.02. The van der Waals surface area contributed by atoms with Gasteiger partial charge in [-0.1, -0.05) is 15.9 Å². The van der Waals surface area contributed by atoms with Crippen LogP contribution >= 0.6 is 15.9 Å². The summed E-state index contributed by atoms with van der Waals surface area (Å²) >= 11 is 3.33. The second-order valence-corrected chi connectivity index (χ2v) is 6.98. The van der Waals surface area contributed by atoms with E-state index in [-0.39, 0.29) is 30.7 Å². The first-order valence-corrected chi connectivity index (χ1v) is 9.12. The summed E-state index contributed by atoms with van der Waals surface area (Å²) in [5, 5.41) is 3.07. The van der Waals surface area contributed by atoms with Crippen LogP contribution in [0.2, 0.25) is 0 Å². The van der Waals surface area contributed by atoms with Crippen LogP contribution in [0.3, 0.4) is 0 Å². The summed E-state index contributed by atoms with van der Waals surface area (Å²) in [5.74, 6) is -1.49. The quantitative estimate of drug-likeness (QED) is 0.544. The minimum absolute atomic E-state index is 0.144. The average Bonchev–Trinajstić information content (AvgIpc) is 2.68. The summed E-state index contributed by atoms with van der Waals surface area (Å²) in [6.07, 6.45) is -0.313. The van der Waals surface area contributed by atoms with Gasteiger partial charge in [-0.2, -0.15) is 0 Å². The SMILES string of the molecule is COC(=O)C[C@H]1C(=O)NCCN1C(=O)c1cc2cc(Br)cc(OC)c2oc1=O. The van der Waals surface area contributed by atoms with Crippen molar-refractivity contribution in [3.8, 4) is 5.75 Å². The van der Waals surface area contributed by atoms with Gasteiger partial charge in [0, 0.05) is 22.9 Å². The lowest BCUT2D eigenvalue weighted by Gasteiger charge is -2.34. The Morgan fingerprint density at radius 2 is 2.04 bits per heavy atom. The third kappa shape index (κ3) is 3.72. The highest BCUT2D eigenvalue weighted by Crippen LogP contribution is 2.30. The highest BCUT2D eigenvalue weighted by molar-refractivity contribution is 9.10. The van der Waals surface area contributed by atoms with Crippen molar-refractivity contribution in [2.45, 2.75) is 12.5 Å². The first-order valence-electron chi connectivity index (χ1n) is 8.32. The zero-order valence-electron chi connectivity index (χ0n) is 15.1. The largest absolute Gasteiger partial charge is 0.493 e. The van der Waals surface area contributed by atoms with E-state index < -0.39 is 29.5 Å². The van der Waals surface area contributed by atoms with Crippen molar-refractivity contribution >= 4 is 44.7 Å². The Labute approximate surface area is 167 Å². The number of rotatable bonds is 4. The number of carbonyl (C=O) groups is 3. The number of esters is 1. The maximum Gasteiger partial charge on any atom is 0.349 e. The number of nitrogens with one attached hydrogen (secondary N) is 1. The van der Waals surface area contributed by atoms with E-state index in [1.54, 1.807) is 12.1 Å². The second kappa shape index (κ2) is 8.01. The van der Waals surface area contributed by atoms with Gasteiger partial charge in [-0.25, -0.2) is 4.79 Å². The summed E-state index contributed by atoms with van der Waals surface area (Å²) in [7, 11) is 2.63. The molecular weight excluding hydrogens is 436 g/mol. The minimum Gasteiger partial charge on any atom is -0.493 e. The van der Waals surface area contributed by atoms with Gasteiger partial charge < -0.3 is 24.1 Å². The van der Waals surface area contributed by atoms with E-state index in [1.165, 1.54) is 25.2 Å². The van der Waals surface area contributed by atoms with Gasteiger partial charge in [-0.15, -0.1) is 0 Å². The molecule has 0 bridgehead atoms. The fourth-order valence-corrected chi connectivity index (χ4v) is 3.48. The van der Waals surface area contributed by atoms with Gasteiger partial charge in [0.15, 0.2) is 11.3 Å². The number of fused-ring (bicyclic) bond motifs is 1. The molecule has 1 aromatic carbocycles. The van der Waals surface area contributed by atoms with E-state index in [9.17, 15) is 19.2 Å². The third-order valence-corrected chi connectivity index (χ3v) is 4.85. The predicted octanol–water partition coefficient (Wildman–Crippen LogP) is 1.07. The van der Waals surface area contributed by atoms with Crippen LogP contribution in [0, 0.1) is 0 Å². The van der Waals surface area contributed by atoms with Crippen molar-refractivity contribution in [2.24, 2.45) is 0 Å². The molecule has 0 radical (unpaired) electrons. The summed E-state index contributed by atoms with van der Waals surface area (Å²) in [4.78, 5) is 50.5. The molecule has 0 saturated carbocycles. The van der Waals surface area contributed by atoms with Crippen LogP contribution in [-0.2, 0) is 14.3 Å². The molecule has 1 N–H and O–H groups in total. The molecular formula is C18H17BrN2O7. The molecule has 2 amide bonds. The molecule has 9 nitrogen and oxygen atoms in total. The van der Waals surface area contributed by atoms with Crippen molar-refractivity contribution in [3.63, 3.8) is 0 Å². The lowest BCUT2D eigenvalue weighted by Crippen LogP contribution is -2.58. The molecule has 3 rings (SSSR count). The molecule has 1 fully saturated rings. The molecule has 1 aliphatic rings. The van der Waals surface area contributed by atoms with Gasteiger partial charge in [0.1, 0.15) is 11.6 Å². The maximum absolute atomic E-state index is 13.0. The van der Waals surface area contributed by atoms with Crippen LogP contribution in [0.15, 0.2) is 31.9 Å². The molecule has 1 saturated heterocycles. The van der Waals surface area contributed by atoms with Crippen molar-refractivity contribution in [2.75, 3.05) is 27.3 Å². The highest BCUT2D eigenvalue weighted by Gasteiger charge is 2.36. The summed E-state index contributed by atoms with van der Waals surface area (Å²) in [5.41, 5.74) is -0.895. The lowest BCUT2D eigenvalue weighted by atomic mass is 10.1. The predicted molar refractivity (Wildman–Crippen MR) is 101 cm³/mol. The van der Waals surface area contributed by atoms with Gasteiger partial charge >= 0.3 is 11.6 Å². The van der Waals surface area contributed by atoms with E-state index in [0.29, 0.717) is 15.6 Å². The van der Waals surface area contributed by atoms with Crippen LogP contribution in [0.5, 0.6) is 5.75 Å². The highest BCUT2D eigenvalue weighted by atomic mass is 79.9. The van der Waals surface area contributed by atoms with E-state index in [0.717, 1.165) is 0 Å². The molecule has 0 unspecified atom stereocenters. The Kier molecular flexibility index (Phi) is 5.68. The van der Waals surface area contributed by atoms with Crippen LogP contribution in [0.25, 0.3) is 11.0 Å². The maximum atomic E-state index is 13.0. The van der Waals surface area contributed by atoms with E-state index in [1.807, 2.05) is 0 Å². The molecule has 148 valence electrons. The lowest BCUT2D eigenvalue weighted by molar-refractivity contribution is -0.145. The van der Waals surface area contributed by atoms with E-state index in [2.05, 4.69) is 26.0 Å². The Morgan fingerprint density at radius 3 is 2.71 bits per heavy atom. The van der Waals surface area contributed by atoms with Crippen LogP contribution in [0.1, 0.15) is 16.8 Å². The third-order valence-electron chi connectivity index (χ3n) is 4.39. The number of ether oxygens (including phenoxy) is 2. The molecule has 1 atom stereocenters. The first-order chi connectivity index (χ1) is 13.3. The summed E-state index contributed by atoms with van der Waals surface area (Å²) < 4.78 is 15.8. The zero-order valence-corrected chi connectivity index (χ0v) is 16.7. The number of carbonyl (C=O) groups excluding carboxylic acids is 3. The number of hydrogen-bond acceptors (Lipinski definition) is 7. The van der Waals surface area contributed by atoms with Crippen LogP contribution in [-0.4, -0.2) is 56.0 Å². The number of nitrogens with zero attached hydrogens (tertiary/aromatic N) is 1. The molecule has 10 heteroatoms.